The fraction of sp³-hybridized carbons (Fsp3) is 0.300. The van der Waals surface area contributed by atoms with Gasteiger partial charge < -0.3 is 13.9 Å². The third kappa shape index (κ3) is 5.02. The second-order valence-electron chi connectivity index (χ2n) is 5.98. The average molecular weight is 370 g/mol. The van der Waals surface area contributed by atoms with Gasteiger partial charge in [-0.25, -0.2) is 0 Å². The van der Waals surface area contributed by atoms with E-state index in [2.05, 4.69) is 42.2 Å². The third-order valence-electron chi connectivity index (χ3n) is 3.72. The summed E-state index contributed by atoms with van der Waals surface area (Å²) in [5, 5.41) is 8.76. The van der Waals surface area contributed by atoms with E-state index in [4.69, 9.17) is 13.9 Å². The van der Waals surface area contributed by atoms with Crippen molar-refractivity contribution in [2.24, 2.45) is 0 Å². The van der Waals surface area contributed by atoms with E-state index < -0.39 is 0 Å². The van der Waals surface area contributed by atoms with Crippen LogP contribution < -0.4 is 9.47 Å². The Balaban J connectivity index is 1.44. The number of aromatic nitrogens is 2. The van der Waals surface area contributed by atoms with E-state index in [1.165, 1.54) is 11.1 Å². The lowest BCUT2D eigenvalue weighted by Gasteiger charge is -2.07. The Hall–Kier alpha value is -2.47. The lowest BCUT2D eigenvalue weighted by atomic mass is 10.1. The minimum absolute atomic E-state index is 0.515. The lowest BCUT2D eigenvalue weighted by Crippen LogP contribution is -1.99. The molecule has 0 fully saturated rings. The molecular weight excluding hydrogens is 348 g/mol. The Morgan fingerprint density at radius 2 is 1.69 bits per heavy atom. The quantitative estimate of drug-likeness (QED) is 0.414. The van der Waals surface area contributed by atoms with Crippen molar-refractivity contribution in [1.29, 1.82) is 0 Å². The molecule has 1 heterocycles. The molecule has 0 spiro atoms. The van der Waals surface area contributed by atoms with Crippen LogP contribution in [0.3, 0.4) is 0 Å². The highest BCUT2D eigenvalue weighted by atomic mass is 32.2. The number of ether oxygens (including phenoxy) is 2. The molecule has 6 heteroatoms. The molecule has 0 N–H and O–H groups in total. The molecule has 0 aliphatic rings. The number of hydrogen-bond donors (Lipinski definition) is 0. The number of benzene rings is 2. The van der Waals surface area contributed by atoms with Crippen molar-refractivity contribution in [2.75, 3.05) is 19.5 Å². The molecule has 3 rings (SSSR count). The lowest BCUT2D eigenvalue weighted by molar-refractivity contribution is 0.318. The van der Waals surface area contributed by atoms with E-state index in [9.17, 15) is 0 Å². The van der Waals surface area contributed by atoms with Gasteiger partial charge in [0, 0.05) is 11.3 Å². The largest absolute Gasteiger partial charge is 0.497 e. The van der Waals surface area contributed by atoms with Crippen molar-refractivity contribution in [1.82, 2.24) is 10.2 Å². The Bertz CT molecular complexity index is 826. The van der Waals surface area contributed by atoms with Crippen molar-refractivity contribution in [2.45, 2.75) is 25.5 Å². The fourth-order valence-corrected chi connectivity index (χ4v) is 3.22. The van der Waals surface area contributed by atoms with Crippen LogP contribution in [0.5, 0.6) is 11.5 Å². The number of nitrogens with zero attached hydrogens (tertiary/aromatic N) is 2. The molecule has 0 atom stereocenters. The van der Waals surface area contributed by atoms with Gasteiger partial charge in [0.15, 0.2) is 0 Å². The van der Waals surface area contributed by atoms with Gasteiger partial charge >= 0.3 is 0 Å². The normalized spacial score (nSPS) is 10.7. The first-order valence-corrected chi connectivity index (χ1v) is 9.44. The van der Waals surface area contributed by atoms with Crippen LogP contribution in [0.4, 0.5) is 0 Å². The minimum atomic E-state index is 0.515. The topological polar surface area (TPSA) is 57.4 Å². The standard InChI is InChI=1S/C20H22N2O3S/c1-14-11-15(2)13-18(12-14)24-9-4-10-26-20-22-21-19(25-20)16-5-7-17(23-3)8-6-16/h5-8,11-13H,4,9-10H2,1-3H3. The van der Waals surface area contributed by atoms with E-state index in [0.29, 0.717) is 17.7 Å². The first-order chi connectivity index (χ1) is 12.6. The zero-order valence-electron chi connectivity index (χ0n) is 15.2. The van der Waals surface area contributed by atoms with Crippen LogP contribution in [0.2, 0.25) is 0 Å². The summed E-state index contributed by atoms with van der Waals surface area (Å²) in [6.45, 7) is 4.81. The summed E-state index contributed by atoms with van der Waals surface area (Å²) in [5.41, 5.74) is 3.31. The maximum Gasteiger partial charge on any atom is 0.276 e. The Kier molecular flexibility index (Phi) is 6.17. The molecule has 0 saturated heterocycles. The SMILES string of the molecule is COc1ccc(-c2nnc(SCCCOc3cc(C)cc(C)c3)o2)cc1. The highest BCUT2D eigenvalue weighted by molar-refractivity contribution is 7.99. The minimum Gasteiger partial charge on any atom is -0.497 e. The number of hydrogen-bond acceptors (Lipinski definition) is 6. The van der Waals surface area contributed by atoms with Crippen molar-refractivity contribution >= 4 is 11.8 Å². The van der Waals surface area contributed by atoms with Crippen molar-refractivity contribution in [3.8, 4) is 23.0 Å². The van der Waals surface area contributed by atoms with E-state index in [0.717, 1.165) is 29.2 Å². The molecule has 2 aromatic carbocycles. The highest BCUT2D eigenvalue weighted by Gasteiger charge is 2.09. The molecule has 0 aliphatic carbocycles. The molecule has 0 amide bonds. The maximum absolute atomic E-state index is 5.81. The second kappa shape index (κ2) is 8.76. The summed E-state index contributed by atoms with van der Waals surface area (Å²) < 4.78 is 16.7. The van der Waals surface area contributed by atoms with Crippen molar-refractivity contribution in [3.63, 3.8) is 0 Å². The fourth-order valence-electron chi connectivity index (χ4n) is 2.54. The van der Waals surface area contributed by atoms with Gasteiger partial charge in [-0.15, -0.1) is 10.2 Å². The van der Waals surface area contributed by atoms with E-state index >= 15 is 0 Å². The van der Waals surface area contributed by atoms with E-state index in [1.807, 2.05) is 24.3 Å². The average Bonchev–Trinajstić information content (AvgIpc) is 3.09. The first kappa shape index (κ1) is 18.3. The van der Waals surface area contributed by atoms with Crippen LogP contribution in [0, 0.1) is 13.8 Å². The van der Waals surface area contributed by atoms with Crippen LogP contribution >= 0.6 is 11.8 Å². The summed E-state index contributed by atoms with van der Waals surface area (Å²) in [6, 6.07) is 13.8. The number of rotatable bonds is 8. The molecule has 0 aliphatic heterocycles. The van der Waals surface area contributed by atoms with Crippen LogP contribution in [0.25, 0.3) is 11.5 Å². The molecule has 0 saturated carbocycles. The van der Waals surface area contributed by atoms with Crippen LogP contribution in [-0.2, 0) is 0 Å². The Morgan fingerprint density at radius 3 is 2.38 bits per heavy atom. The predicted octanol–water partition coefficient (Wildman–Crippen LogP) is 4.92. The second-order valence-corrected chi connectivity index (χ2v) is 7.02. The van der Waals surface area contributed by atoms with Crippen LogP contribution in [0.1, 0.15) is 17.5 Å². The summed E-state index contributed by atoms with van der Waals surface area (Å²) in [6.07, 6.45) is 0.901. The smallest absolute Gasteiger partial charge is 0.276 e. The predicted molar refractivity (Wildman–Crippen MR) is 103 cm³/mol. The molecule has 0 unspecified atom stereocenters. The molecule has 0 bridgehead atoms. The van der Waals surface area contributed by atoms with Gasteiger partial charge in [-0.3, -0.25) is 0 Å². The Labute approximate surface area is 157 Å². The number of aryl methyl sites for hydroxylation is 2. The van der Waals surface area contributed by atoms with Gasteiger partial charge in [0.2, 0.25) is 5.89 Å². The van der Waals surface area contributed by atoms with Gasteiger partial charge in [-0.2, -0.15) is 0 Å². The summed E-state index contributed by atoms with van der Waals surface area (Å²) in [4.78, 5) is 0. The maximum atomic E-state index is 5.81. The number of methoxy groups -OCH3 is 1. The van der Waals surface area contributed by atoms with E-state index in [1.54, 1.807) is 18.9 Å². The first-order valence-electron chi connectivity index (χ1n) is 8.46. The molecular formula is C20H22N2O3S. The Morgan fingerprint density at radius 1 is 0.962 bits per heavy atom. The zero-order chi connectivity index (χ0) is 18.4. The van der Waals surface area contributed by atoms with Crippen LogP contribution in [-0.4, -0.2) is 29.7 Å². The monoisotopic (exact) mass is 370 g/mol. The summed E-state index contributed by atoms with van der Waals surface area (Å²) >= 11 is 1.54. The molecule has 136 valence electrons. The van der Waals surface area contributed by atoms with Crippen molar-refractivity contribution < 1.29 is 13.9 Å². The van der Waals surface area contributed by atoms with Gasteiger partial charge in [0.05, 0.1) is 13.7 Å². The molecule has 0 radical (unpaired) electrons. The van der Waals surface area contributed by atoms with Gasteiger partial charge in [0.1, 0.15) is 11.5 Å². The number of thioether (sulfide) groups is 1. The summed E-state index contributed by atoms with van der Waals surface area (Å²) in [7, 11) is 1.64. The molecule has 5 nitrogen and oxygen atoms in total. The van der Waals surface area contributed by atoms with E-state index in [-0.39, 0.29) is 0 Å². The van der Waals surface area contributed by atoms with Gasteiger partial charge in [-0.05, 0) is 67.8 Å². The van der Waals surface area contributed by atoms with Gasteiger partial charge in [0.25, 0.3) is 5.22 Å². The molecule has 1 aromatic heterocycles. The zero-order valence-corrected chi connectivity index (χ0v) is 16.0. The molecule has 26 heavy (non-hydrogen) atoms. The van der Waals surface area contributed by atoms with Crippen molar-refractivity contribution in [3.05, 3.63) is 53.6 Å². The van der Waals surface area contributed by atoms with Crippen LogP contribution in [0.15, 0.2) is 52.1 Å². The molecule has 3 aromatic rings. The third-order valence-corrected chi connectivity index (χ3v) is 4.63. The highest BCUT2D eigenvalue weighted by Crippen LogP contribution is 2.25. The van der Waals surface area contributed by atoms with Gasteiger partial charge in [-0.1, -0.05) is 17.8 Å². The summed E-state index contributed by atoms with van der Waals surface area (Å²) in [5.74, 6) is 3.09.